The Labute approximate surface area is 150 Å². The van der Waals surface area contributed by atoms with Gasteiger partial charge in [0.1, 0.15) is 5.82 Å². The van der Waals surface area contributed by atoms with E-state index in [2.05, 4.69) is 4.98 Å². The molecule has 26 heavy (non-hydrogen) atoms. The van der Waals surface area contributed by atoms with Gasteiger partial charge >= 0.3 is 0 Å². The number of carbonyl (C=O) groups is 1. The summed E-state index contributed by atoms with van der Waals surface area (Å²) in [6.45, 7) is 0. The molecule has 1 aromatic heterocycles. The van der Waals surface area contributed by atoms with Crippen molar-refractivity contribution in [2.75, 3.05) is 6.26 Å². The van der Waals surface area contributed by atoms with Gasteiger partial charge in [0.25, 0.3) is 0 Å². The summed E-state index contributed by atoms with van der Waals surface area (Å²) in [5.74, 6) is -1.01. The molecule has 0 saturated heterocycles. The summed E-state index contributed by atoms with van der Waals surface area (Å²) in [6.07, 6.45) is 4.02. The number of sulfone groups is 1. The lowest BCUT2D eigenvalue weighted by molar-refractivity contribution is 0.1000. The molecule has 0 spiro atoms. The number of pyridine rings is 1. The summed E-state index contributed by atoms with van der Waals surface area (Å²) in [5.41, 5.74) is 8.01. The van der Waals surface area contributed by atoms with Crippen molar-refractivity contribution in [3.63, 3.8) is 0 Å². The molecule has 1 heterocycles. The standard InChI is InChI=1S/C19H15FN2O3S/c1-26(24,25)16-6-7-17(13-8-14(19(21)23)11-22-10-13)18(9-16)12-2-4-15(20)5-3-12/h2-11H,1H3,(H2,21,23). The molecule has 3 rings (SSSR count). The van der Waals surface area contributed by atoms with Crippen LogP contribution in [-0.4, -0.2) is 25.6 Å². The number of hydrogen-bond donors (Lipinski definition) is 1. The molecule has 132 valence electrons. The highest BCUT2D eigenvalue weighted by atomic mass is 32.2. The quantitative estimate of drug-likeness (QED) is 0.764. The first-order chi connectivity index (χ1) is 12.3. The summed E-state index contributed by atoms with van der Waals surface area (Å²) in [7, 11) is -3.43. The van der Waals surface area contributed by atoms with E-state index in [0.717, 1.165) is 6.26 Å². The number of carbonyl (C=O) groups excluding carboxylic acids is 1. The predicted molar refractivity (Wildman–Crippen MR) is 96.7 cm³/mol. The van der Waals surface area contributed by atoms with E-state index < -0.39 is 21.6 Å². The van der Waals surface area contributed by atoms with E-state index in [0.29, 0.717) is 22.3 Å². The van der Waals surface area contributed by atoms with Gasteiger partial charge in [0.15, 0.2) is 9.84 Å². The van der Waals surface area contributed by atoms with E-state index in [1.54, 1.807) is 30.5 Å². The smallest absolute Gasteiger partial charge is 0.250 e. The third-order valence-electron chi connectivity index (χ3n) is 3.91. The maximum atomic E-state index is 13.3. The molecule has 2 N–H and O–H groups in total. The first-order valence-corrected chi connectivity index (χ1v) is 9.50. The topological polar surface area (TPSA) is 90.1 Å². The molecule has 0 atom stereocenters. The largest absolute Gasteiger partial charge is 0.366 e. The van der Waals surface area contributed by atoms with Crippen LogP contribution in [0.2, 0.25) is 0 Å². The van der Waals surface area contributed by atoms with Gasteiger partial charge in [0, 0.05) is 24.2 Å². The predicted octanol–water partition coefficient (Wildman–Crippen LogP) is 3.06. The Morgan fingerprint density at radius 1 is 0.962 bits per heavy atom. The third-order valence-corrected chi connectivity index (χ3v) is 5.02. The molecule has 0 fully saturated rings. The molecule has 1 amide bonds. The van der Waals surface area contributed by atoms with Crippen molar-refractivity contribution in [3.8, 4) is 22.3 Å². The Kier molecular flexibility index (Phi) is 4.56. The van der Waals surface area contributed by atoms with Gasteiger partial charge in [-0.1, -0.05) is 18.2 Å². The Hall–Kier alpha value is -3.06. The monoisotopic (exact) mass is 370 g/mol. The van der Waals surface area contributed by atoms with Gasteiger partial charge in [0.05, 0.1) is 10.5 Å². The van der Waals surface area contributed by atoms with Crippen molar-refractivity contribution in [3.05, 3.63) is 72.3 Å². The minimum absolute atomic E-state index is 0.139. The minimum atomic E-state index is -3.43. The molecular formula is C19H15FN2O3S. The van der Waals surface area contributed by atoms with E-state index in [-0.39, 0.29) is 10.5 Å². The number of amides is 1. The second-order valence-corrected chi connectivity index (χ2v) is 7.83. The highest BCUT2D eigenvalue weighted by molar-refractivity contribution is 7.90. The fourth-order valence-electron chi connectivity index (χ4n) is 2.60. The number of rotatable bonds is 4. The van der Waals surface area contributed by atoms with E-state index in [9.17, 15) is 17.6 Å². The first-order valence-electron chi connectivity index (χ1n) is 7.61. The molecule has 0 unspecified atom stereocenters. The van der Waals surface area contributed by atoms with Crippen molar-refractivity contribution < 1.29 is 17.6 Å². The summed E-state index contributed by atoms with van der Waals surface area (Å²) in [5, 5.41) is 0. The van der Waals surface area contributed by atoms with Crippen molar-refractivity contribution in [2.45, 2.75) is 4.90 Å². The van der Waals surface area contributed by atoms with Crippen LogP contribution in [-0.2, 0) is 9.84 Å². The summed E-state index contributed by atoms with van der Waals surface area (Å²) in [4.78, 5) is 15.6. The Balaban J connectivity index is 2.26. The van der Waals surface area contributed by atoms with Crippen LogP contribution in [0, 0.1) is 5.82 Å². The molecule has 2 aromatic carbocycles. The summed E-state index contributed by atoms with van der Waals surface area (Å²) >= 11 is 0. The lowest BCUT2D eigenvalue weighted by Crippen LogP contribution is -2.11. The normalized spacial score (nSPS) is 11.3. The van der Waals surface area contributed by atoms with Crippen molar-refractivity contribution >= 4 is 15.7 Å². The Morgan fingerprint density at radius 2 is 1.65 bits per heavy atom. The average molecular weight is 370 g/mol. The SMILES string of the molecule is CS(=O)(=O)c1ccc(-c2cncc(C(N)=O)c2)c(-c2ccc(F)cc2)c1. The van der Waals surface area contributed by atoms with Crippen LogP contribution in [0.4, 0.5) is 4.39 Å². The lowest BCUT2D eigenvalue weighted by atomic mass is 9.95. The van der Waals surface area contributed by atoms with Crippen molar-refractivity contribution in [1.29, 1.82) is 0 Å². The molecule has 0 saturated carbocycles. The van der Waals surface area contributed by atoms with Crippen LogP contribution >= 0.6 is 0 Å². The lowest BCUT2D eigenvalue weighted by Gasteiger charge is -2.12. The maximum absolute atomic E-state index is 13.3. The summed E-state index contributed by atoms with van der Waals surface area (Å²) in [6, 6.07) is 11.9. The molecule has 0 aliphatic carbocycles. The maximum Gasteiger partial charge on any atom is 0.250 e. The molecule has 3 aromatic rings. The zero-order chi connectivity index (χ0) is 18.9. The molecule has 0 bridgehead atoms. The number of hydrogen-bond acceptors (Lipinski definition) is 4. The van der Waals surface area contributed by atoms with Crippen LogP contribution in [0.1, 0.15) is 10.4 Å². The zero-order valence-electron chi connectivity index (χ0n) is 13.8. The number of benzene rings is 2. The zero-order valence-corrected chi connectivity index (χ0v) is 14.6. The highest BCUT2D eigenvalue weighted by Crippen LogP contribution is 2.34. The highest BCUT2D eigenvalue weighted by Gasteiger charge is 2.15. The van der Waals surface area contributed by atoms with Crippen molar-refractivity contribution in [1.82, 2.24) is 4.98 Å². The van der Waals surface area contributed by atoms with Crippen LogP contribution < -0.4 is 5.73 Å². The fraction of sp³-hybridized carbons (Fsp3) is 0.0526. The van der Waals surface area contributed by atoms with E-state index in [1.807, 2.05) is 0 Å². The molecular weight excluding hydrogens is 355 g/mol. The van der Waals surface area contributed by atoms with Gasteiger partial charge < -0.3 is 5.73 Å². The molecule has 0 aliphatic heterocycles. The van der Waals surface area contributed by atoms with Crippen LogP contribution in [0.15, 0.2) is 65.8 Å². The number of primary amides is 1. The number of nitrogens with zero attached hydrogens (tertiary/aromatic N) is 1. The molecule has 0 radical (unpaired) electrons. The Bertz CT molecular complexity index is 1090. The minimum Gasteiger partial charge on any atom is -0.366 e. The van der Waals surface area contributed by atoms with Gasteiger partial charge in [-0.25, -0.2) is 12.8 Å². The number of aromatic nitrogens is 1. The van der Waals surface area contributed by atoms with E-state index in [4.69, 9.17) is 5.73 Å². The van der Waals surface area contributed by atoms with Crippen LogP contribution in [0.5, 0.6) is 0 Å². The number of halogens is 1. The third kappa shape index (κ3) is 3.62. The number of nitrogens with two attached hydrogens (primary N) is 1. The van der Waals surface area contributed by atoms with Gasteiger partial charge in [-0.3, -0.25) is 9.78 Å². The van der Waals surface area contributed by atoms with E-state index >= 15 is 0 Å². The molecule has 0 aliphatic rings. The van der Waals surface area contributed by atoms with Gasteiger partial charge in [-0.15, -0.1) is 0 Å². The van der Waals surface area contributed by atoms with Crippen LogP contribution in [0.25, 0.3) is 22.3 Å². The van der Waals surface area contributed by atoms with E-state index in [1.165, 1.54) is 30.5 Å². The average Bonchev–Trinajstić information content (AvgIpc) is 2.61. The van der Waals surface area contributed by atoms with Gasteiger partial charge in [-0.05, 0) is 47.0 Å². The van der Waals surface area contributed by atoms with Crippen molar-refractivity contribution in [2.24, 2.45) is 5.73 Å². The fourth-order valence-corrected chi connectivity index (χ4v) is 3.24. The molecule has 5 nitrogen and oxygen atoms in total. The second kappa shape index (κ2) is 6.68. The van der Waals surface area contributed by atoms with Gasteiger partial charge in [0.2, 0.25) is 5.91 Å². The molecule has 7 heteroatoms. The van der Waals surface area contributed by atoms with Crippen LogP contribution in [0.3, 0.4) is 0 Å². The Morgan fingerprint density at radius 3 is 2.27 bits per heavy atom. The first kappa shape index (κ1) is 17.8. The van der Waals surface area contributed by atoms with Gasteiger partial charge in [-0.2, -0.15) is 0 Å². The second-order valence-electron chi connectivity index (χ2n) is 5.81. The summed E-state index contributed by atoms with van der Waals surface area (Å²) < 4.78 is 37.1.